The number of pyridine rings is 1. The van der Waals surface area contributed by atoms with Gasteiger partial charge in [-0.25, -0.2) is 4.79 Å². The third-order valence-electron chi connectivity index (χ3n) is 7.66. The Morgan fingerprint density at radius 3 is 2.77 bits per heavy atom. The number of benzene rings is 1. The zero-order valence-corrected chi connectivity index (χ0v) is 20.7. The number of aromatic nitrogens is 1. The van der Waals surface area contributed by atoms with E-state index in [4.69, 9.17) is 20.8 Å². The number of methoxy groups -OCH3 is 1. The molecule has 8 heteroatoms. The molecule has 1 spiro atoms. The van der Waals surface area contributed by atoms with E-state index in [-0.39, 0.29) is 44.5 Å². The number of fused-ring (bicyclic) bond motifs is 6. The highest BCUT2D eigenvalue weighted by Gasteiger charge is 2.52. The van der Waals surface area contributed by atoms with E-state index in [0.29, 0.717) is 15.7 Å². The maximum atomic E-state index is 13.9. The second-order valence-electron chi connectivity index (χ2n) is 9.44. The molecule has 2 atom stereocenters. The summed E-state index contributed by atoms with van der Waals surface area (Å²) < 4.78 is 12.7. The third kappa shape index (κ3) is 3.39. The summed E-state index contributed by atoms with van der Waals surface area (Å²) in [6, 6.07) is 8.74. The zero-order valence-electron chi connectivity index (χ0n) is 19.1. The molecule has 180 valence electrons. The number of hydrogen-bond donors (Lipinski definition) is 1. The molecule has 2 aromatic heterocycles. The third-order valence-corrected chi connectivity index (χ3v) is 8.96. The van der Waals surface area contributed by atoms with Crippen molar-refractivity contribution in [3.8, 4) is 11.5 Å². The highest BCUT2D eigenvalue weighted by Crippen LogP contribution is 2.56. The van der Waals surface area contributed by atoms with Gasteiger partial charge in [0.15, 0.2) is 5.75 Å². The summed E-state index contributed by atoms with van der Waals surface area (Å²) in [7, 11) is 1.56. The van der Waals surface area contributed by atoms with Crippen LogP contribution in [0.1, 0.15) is 43.8 Å². The van der Waals surface area contributed by atoms with Crippen molar-refractivity contribution < 1.29 is 14.3 Å². The molecule has 1 saturated carbocycles. The van der Waals surface area contributed by atoms with E-state index in [1.165, 1.54) is 0 Å². The van der Waals surface area contributed by atoms with Crippen LogP contribution in [-0.2, 0) is 5.41 Å². The Hall–Kier alpha value is -2.90. The van der Waals surface area contributed by atoms with Crippen molar-refractivity contribution in [2.45, 2.75) is 53.4 Å². The van der Waals surface area contributed by atoms with Crippen molar-refractivity contribution in [3.63, 3.8) is 0 Å². The summed E-state index contributed by atoms with van der Waals surface area (Å²) >= 11 is 7.46. The fourth-order valence-electron chi connectivity index (χ4n) is 6.12. The van der Waals surface area contributed by atoms with Crippen LogP contribution in [0.3, 0.4) is 0 Å². The van der Waals surface area contributed by atoms with E-state index in [9.17, 15) is 14.7 Å². The molecule has 0 amide bonds. The first kappa shape index (κ1) is 22.6. The van der Waals surface area contributed by atoms with Crippen LogP contribution in [0, 0.1) is 5.92 Å². The molecule has 0 saturated heterocycles. The van der Waals surface area contributed by atoms with Gasteiger partial charge >= 0.3 is 5.63 Å². The Balaban J connectivity index is 1.56. The van der Waals surface area contributed by atoms with Gasteiger partial charge in [-0.05, 0) is 37.1 Å². The van der Waals surface area contributed by atoms with E-state index >= 15 is 0 Å². The number of aromatic hydroxyl groups is 1. The van der Waals surface area contributed by atoms with Gasteiger partial charge in [0.05, 0.1) is 13.2 Å². The zero-order chi connectivity index (χ0) is 24.3. The van der Waals surface area contributed by atoms with Crippen LogP contribution in [0.4, 0.5) is 0 Å². The van der Waals surface area contributed by atoms with Gasteiger partial charge in [-0.1, -0.05) is 60.8 Å². The van der Waals surface area contributed by atoms with Crippen molar-refractivity contribution in [2.75, 3.05) is 7.11 Å². The average molecular weight is 510 g/mol. The van der Waals surface area contributed by atoms with E-state index in [2.05, 4.69) is 6.08 Å². The lowest BCUT2D eigenvalue weighted by molar-refractivity contribution is 0.231. The van der Waals surface area contributed by atoms with Crippen molar-refractivity contribution in [1.82, 2.24) is 4.57 Å². The maximum Gasteiger partial charge on any atom is 0.354 e. The number of nitrogens with zero attached hydrogens (tertiary/aromatic N) is 1. The summed E-state index contributed by atoms with van der Waals surface area (Å²) in [6.07, 6.45) is 11.0. The Morgan fingerprint density at radius 1 is 1.20 bits per heavy atom. The van der Waals surface area contributed by atoms with Gasteiger partial charge in [0.1, 0.15) is 21.6 Å². The molecule has 6 nitrogen and oxygen atoms in total. The molecule has 1 aromatic carbocycles. The fourth-order valence-corrected chi connectivity index (χ4v) is 7.21. The number of ether oxygens (including phenoxy) is 1. The number of allylic oxidation sites excluding steroid dienone is 4. The minimum Gasteiger partial charge on any atom is -0.505 e. The first-order chi connectivity index (χ1) is 16.9. The molecular formula is C27H24ClNO5S. The van der Waals surface area contributed by atoms with Crippen LogP contribution in [0.15, 0.2) is 77.4 Å². The second-order valence-corrected chi connectivity index (χ2v) is 11.0. The SMILES string of the molecule is COc1cccc(Sc2c(O)c3c(=O)n4c(cc3oc2=O)C2(CCCCC2)C2C=C(Cl)C=CC24)c1. The molecule has 2 aliphatic carbocycles. The van der Waals surface area contributed by atoms with Crippen LogP contribution < -0.4 is 15.9 Å². The minimum atomic E-state index is -0.678. The molecule has 1 fully saturated rings. The first-order valence-electron chi connectivity index (χ1n) is 11.8. The minimum absolute atomic E-state index is 0.0209. The summed E-state index contributed by atoms with van der Waals surface area (Å²) in [4.78, 5) is 27.6. The maximum absolute atomic E-state index is 13.9. The molecule has 1 aliphatic heterocycles. The van der Waals surface area contributed by atoms with Gasteiger partial charge in [0, 0.05) is 33.0 Å². The first-order valence-corrected chi connectivity index (χ1v) is 13.0. The quantitative estimate of drug-likeness (QED) is 0.474. The lowest BCUT2D eigenvalue weighted by Gasteiger charge is -2.39. The number of hydrogen-bond acceptors (Lipinski definition) is 6. The van der Waals surface area contributed by atoms with Crippen molar-refractivity contribution in [1.29, 1.82) is 0 Å². The Kier molecular flexibility index (Phi) is 5.38. The lowest BCUT2D eigenvalue weighted by atomic mass is 9.63. The van der Waals surface area contributed by atoms with Gasteiger partial charge in [-0.3, -0.25) is 4.79 Å². The van der Waals surface area contributed by atoms with E-state index in [0.717, 1.165) is 49.6 Å². The van der Waals surface area contributed by atoms with Crippen LogP contribution in [0.2, 0.25) is 0 Å². The average Bonchev–Trinajstić information content (AvgIpc) is 3.11. The van der Waals surface area contributed by atoms with E-state index in [1.807, 2.05) is 12.2 Å². The summed E-state index contributed by atoms with van der Waals surface area (Å²) in [6.45, 7) is 0. The highest BCUT2D eigenvalue weighted by molar-refractivity contribution is 7.99. The number of halogens is 1. The molecule has 1 N–H and O–H groups in total. The van der Waals surface area contributed by atoms with Gasteiger partial charge in [0.2, 0.25) is 0 Å². The van der Waals surface area contributed by atoms with Crippen molar-refractivity contribution in [3.05, 3.63) is 80.1 Å². The van der Waals surface area contributed by atoms with Crippen LogP contribution in [0.25, 0.3) is 11.0 Å². The van der Waals surface area contributed by atoms with Gasteiger partial charge < -0.3 is 18.8 Å². The molecule has 2 unspecified atom stereocenters. The summed E-state index contributed by atoms with van der Waals surface area (Å²) in [5.74, 6) is 0.320. The van der Waals surface area contributed by atoms with Crippen molar-refractivity contribution in [2.24, 2.45) is 5.92 Å². The molecular weight excluding hydrogens is 486 g/mol. The van der Waals surface area contributed by atoms with E-state index < -0.39 is 5.63 Å². The van der Waals surface area contributed by atoms with E-state index in [1.54, 1.807) is 42.0 Å². The molecule has 3 heterocycles. The molecule has 6 rings (SSSR count). The Labute approximate surface area is 210 Å². The lowest BCUT2D eigenvalue weighted by Crippen LogP contribution is -2.34. The van der Waals surface area contributed by atoms with Gasteiger partial charge in [-0.15, -0.1) is 0 Å². The molecule has 3 aromatic rings. The van der Waals surface area contributed by atoms with Crippen LogP contribution in [-0.4, -0.2) is 16.8 Å². The largest absolute Gasteiger partial charge is 0.505 e. The second kappa shape index (κ2) is 8.35. The number of rotatable bonds is 3. The van der Waals surface area contributed by atoms with Crippen molar-refractivity contribution >= 4 is 34.3 Å². The Bertz CT molecular complexity index is 1530. The summed E-state index contributed by atoms with van der Waals surface area (Å²) in [5.41, 5.74) is -0.277. The molecule has 0 bridgehead atoms. The standard InChI is InChI=1S/C27H24ClNO5S/c1-33-16-6-5-7-17(13-16)35-24-23(30)22-20(34-26(24)32)14-21-27(10-3-2-4-11-27)18-12-15(28)8-9-19(18)29(21)25(22)31/h5-9,12-14,18-19,30H,2-4,10-11H2,1H3. The fraction of sp³-hybridized carbons (Fsp3) is 0.333. The summed E-state index contributed by atoms with van der Waals surface area (Å²) in [5, 5.41) is 11.9. The molecule has 35 heavy (non-hydrogen) atoms. The highest BCUT2D eigenvalue weighted by atomic mass is 35.5. The smallest absolute Gasteiger partial charge is 0.354 e. The molecule has 0 radical (unpaired) electrons. The molecule has 3 aliphatic rings. The normalized spacial score (nSPS) is 22.2. The predicted molar refractivity (Wildman–Crippen MR) is 136 cm³/mol. The van der Waals surface area contributed by atoms with Crippen LogP contribution in [0.5, 0.6) is 11.5 Å². The monoisotopic (exact) mass is 509 g/mol. The van der Waals surface area contributed by atoms with Gasteiger partial charge in [-0.2, -0.15) is 0 Å². The predicted octanol–water partition coefficient (Wildman–Crippen LogP) is 5.89. The van der Waals surface area contributed by atoms with Crippen LogP contribution >= 0.6 is 23.4 Å². The topological polar surface area (TPSA) is 81.7 Å². The van der Waals surface area contributed by atoms with Gasteiger partial charge in [0.25, 0.3) is 5.56 Å². The Morgan fingerprint density at radius 2 is 2.00 bits per heavy atom.